The van der Waals surface area contributed by atoms with E-state index in [-0.39, 0.29) is 0 Å². The van der Waals surface area contributed by atoms with E-state index >= 15 is 0 Å². The summed E-state index contributed by atoms with van der Waals surface area (Å²) in [6.45, 7) is 6.18. The van der Waals surface area contributed by atoms with Crippen molar-refractivity contribution in [2.24, 2.45) is 0 Å². The summed E-state index contributed by atoms with van der Waals surface area (Å²) in [4.78, 5) is 0. The quantitative estimate of drug-likeness (QED) is 0.671. The molecule has 11 heavy (non-hydrogen) atoms. The summed E-state index contributed by atoms with van der Waals surface area (Å²) in [5, 5.41) is 5.02. The fourth-order valence-electron chi connectivity index (χ4n) is 0.872. The van der Waals surface area contributed by atoms with E-state index in [9.17, 15) is 0 Å². The van der Waals surface area contributed by atoms with E-state index in [1.807, 2.05) is 17.8 Å². The number of aryl methyl sites for hydroxylation is 1. The van der Waals surface area contributed by atoms with Gasteiger partial charge in [-0.1, -0.05) is 18.5 Å². The van der Waals surface area contributed by atoms with Crippen molar-refractivity contribution in [1.82, 2.24) is 9.78 Å². The number of hydrogen-bond donors (Lipinski definition) is 0. The van der Waals surface area contributed by atoms with Gasteiger partial charge in [0.05, 0.1) is 10.7 Å². The molecular weight excluding hydrogens is 160 g/mol. The molecule has 0 saturated carbocycles. The van der Waals surface area contributed by atoms with Crippen LogP contribution in [0, 0.1) is 6.92 Å². The van der Waals surface area contributed by atoms with Gasteiger partial charge < -0.3 is 0 Å². The summed E-state index contributed by atoms with van der Waals surface area (Å²) in [6, 6.07) is 0.446. The van der Waals surface area contributed by atoms with Crippen LogP contribution in [0.15, 0.2) is 6.20 Å². The maximum Gasteiger partial charge on any atom is 0.0815 e. The molecule has 2 nitrogen and oxygen atoms in total. The van der Waals surface area contributed by atoms with Crippen molar-refractivity contribution in [1.29, 1.82) is 0 Å². The number of rotatable bonds is 2. The van der Waals surface area contributed by atoms with E-state index in [2.05, 4.69) is 18.9 Å². The van der Waals surface area contributed by atoms with Crippen LogP contribution in [0.4, 0.5) is 0 Å². The van der Waals surface area contributed by atoms with Crippen molar-refractivity contribution >= 4 is 11.6 Å². The number of hydrogen-bond acceptors (Lipinski definition) is 1. The Morgan fingerprint density at radius 3 is 2.73 bits per heavy atom. The van der Waals surface area contributed by atoms with Crippen LogP contribution in [-0.4, -0.2) is 9.78 Å². The first-order chi connectivity index (χ1) is 5.15. The third kappa shape index (κ3) is 1.74. The predicted octanol–water partition coefficient (Wildman–Crippen LogP) is 2.82. The highest BCUT2D eigenvalue weighted by atomic mass is 35.5. The topological polar surface area (TPSA) is 17.8 Å². The lowest BCUT2D eigenvalue weighted by molar-refractivity contribution is 0.475. The number of nitrogens with zero attached hydrogens (tertiary/aromatic N) is 2. The fraction of sp³-hybridized carbons (Fsp3) is 0.625. The average Bonchev–Trinajstić information content (AvgIpc) is 2.31. The van der Waals surface area contributed by atoms with Gasteiger partial charge in [-0.25, -0.2) is 0 Å². The second kappa shape index (κ2) is 3.26. The molecule has 62 valence electrons. The Kier molecular flexibility index (Phi) is 2.55. The van der Waals surface area contributed by atoms with E-state index in [1.54, 1.807) is 0 Å². The van der Waals surface area contributed by atoms with Crippen LogP contribution in [0.1, 0.15) is 32.0 Å². The molecule has 1 heterocycles. The highest BCUT2D eigenvalue weighted by molar-refractivity contribution is 6.31. The van der Waals surface area contributed by atoms with E-state index in [0.29, 0.717) is 6.04 Å². The minimum Gasteiger partial charge on any atom is -0.268 e. The van der Waals surface area contributed by atoms with Crippen molar-refractivity contribution in [3.8, 4) is 0 Å². The van der Waals surface area contributed by atoms with Gasteiger partial charge in [-0.05, 0) is 20.3 Å². The second-order valence-corrected chi connectivity index (χ2v) is 3.21. The van der Waals surface area contributed by atoms with Gasteiger partial charge in [-0.3, -0.25) is 4.68 Å². The van der Waals surface area contributed by atoms with Crippen LogP contribution in [0.3, 0.4) is 0 Å². The monoisotopic (exact) mass is 172 g/mol. The molecule has 1 rings (SSSR count). The molecule has 3 heteroatoms. The highest BCUT2D eigenvalue weighted by Crippen LogP contribution is 2.16. The molecule has 1 aromatic heterocycles. The van der Waals surface area contributed by atoms with E-state index in [0.717, 1.165) is 17.1 Å². The SMILES string of the molecule is CCC(C)n1cc(Cl)c(C)n1. The maximum atomic E-state index is 5.85. The molecule has 0 radical (unpaired) electrons. The summed E-state index contributed by atoms with van der Waals surface area (Å²) in [6.07, 6.45) is 2.96. The molecule has 0 aliphatic rings. The Labute approximate surface area is 72.2 Å². The van der Waals surface area contributed by atoms with Crippen LogP contribution in [-0.2, 0) is 0 Å². The van der Waals surface area contributed by atoms with E-state index in [1.165, 1.54) is 0 Å². The smallest absolute Gasteiger partial charge is 0.0815 e. The number of halogens is 1. The maximum absolute atomic E-state index is 5.85. The zero-order valence-electron chi connectivity index (χ0n) is 7.13. The van der Waals surface area contributed by atoms with Gasteiger partial charge in [-0.2, -0.15) is 5.10 Å². The van der Waals surface area contributed by atoms with Crippen molar-refractivity contribution in [2.45, 2.75) is 33.2 Å². The van der Waals surface area contributed by atoms with Gasteiger partial charge in [0.2, 0.25) is 0 Å². The number of aromatic nitrogens is 2. The van der Waals surface area contributed by atoms with Gasteiger partial charge >= 0.3 is 0 Å². The zero-order chi connectivity index (χ0) is 8.43. The molecule has 0 aliphatic heterocycles. The van der Waals surface area contributed by atoms with E-state index < -0.39 is 0 Å². The molecule has 0 fully saturated rings. The molecule has 0 saturated heterocycles. The molecule has 0 N–H and O–H groups in total. The first-order valence-corrected chi connectivity index (χ1v) is 4.24. The van der Waals surface area contributed by atoms with Crippen LogP contribution < -0.4 is 0 Å². The molecule has 1 unspecified atom stereocenters. The summed E-state index contributed by atoms with van der Waals surface area (Å²) < 4.78 is 1.91. The Morgan fingerprint density at radius 1 is 1.73 bits per heavy atom. The van der Waals surface area contributed by atoms with Gasteiger partial charge in [0, 0.05) is 12.2 Å². The Hall–Kier alpha value is -0.500. The van der Waals surface area contributed by atoms with Gasteiger partial charge in [0.25, 0.3) is 0 Å². The average molecular weight is 173 g/mol. The van der Waals surface area contributed by atoms with Gasteiger partial charge in [0.15, 0.2) is 0 Å². The third-order valence-electron chi connectivity index (χ3n) is 1.90. The standard InChI is InChI=1S/C8H13ClN2/c1-4-6(2)11-5-8(9)7(3)10-11/h5-6H,4H2,1-3H3. The van der Waals surface area contributed by atoms with Crippen LogP contribution in [0.2, 0.25) is 5.02 Å². The summed E-state index contributed by atoms with van der Waals surface area (Å²) in [5.41, 5.74) is 0.909. The molecule has 1 aromatic rings. The summed E-state index contributed by atoms with van der Waals surface area (Å²) in [5.74, 6) is 0. The first kappa shape index (κ1) is 8.60. The minimum absolute atomic E-state index is 0.446. The highest BCUT2D eigenvalue weighted by Gasteiger charge is 2.05. The minimum atomic E-state index is 0.446. The Morgan fingerprint density at radius 2 is 2.36 bits per heavy atom. The molecule has 0 bridgehead atoms. The van der Waals surface area contributed by atoms with Crippen LogP contribution >= 0.6 is 11.6 Å². The molecule has 0 aliphatic carbocycles. The molecular formula is C8H13ClN2. The lowest BCUT2D eigenvalue weighted by atomic mass is 10.3. The lowest BCUT2D eigenvalue weighted by Gasteiger charge is -2.07. The Bertz CT molecular complexity index is 223. The fourth-order valence-corrected chi connectivity index (χ4v) is 1.01. The van der Waals surface area contributed by atoms with Crippen molar-refractivity contribution in [3.05, 3.63) is 16.9 Å². The Balaban J connectivity index is 2.88. The van der Waals surface area contributed by atoms with Crippen LogP contribution in [0.25, 0.3) is 0 Å². The van der Waals surface area contributed by atoms with Gasteiger partial charge in [-0.15, -0.1) is 0 Å². The predicted molar refractivity (Wildman–Crippen MR) is 47.0 cm³/mol. The van der Waals surface area contributed by atoms with E-state index in [4.69, 9.17) is 11.6 Å². The van der Waals surface area contributed by atoms with Crippen molar-refractivity contribution in [3.63, 3.8) is 0 Å². The van der Waals surface area contributed by atoms with Crippen molar-refractivity contribution < 1.29 is 0 Å². The normalized spacial score (nSPS) is 13.5. The molecule has 1 atom stereocenters. The molecule has 0 aromatic carbocycles. The van der Waals surface area contributed by atoms with Crippen molar-refractivity contribution in [2.75, 3.05) is 0 Å². The van der Waals surface area contributed by atoms with Crippen LogP contribution in [0.5, 0.6) is 0 Å². The van der Waals surface area contributed by atoms with Gasteiger partial charge in [0.1, 0.15) is 0 Å². The second-order valence-electron chi connectivity index (χ2n) is 2.80. The molecule has 0 amide bonds. The zero-order valence-corrected chi connectivity index (χ0v) is 7.89. The largest absolute Gasteiger partial charge is 0.268 e. The summed E-state index contributed by atoms with van der Waals surface area (Å²) in [7, 11) is 0. The molecule has 0 spiro atoms. The lowest BCUT2D eigenvalue weighted by Crippen LogP contribution is -2.03. The third-order valence-corrected chi connectivity index (χ3v) is 2.27. The summed E-state index contributed by atoms with van der Waals surface area (Å²) >= 11 is 5.85. The first-order valence-electron chi connectivity index (χ1n) is 3.86.